The summed E-state index contributed by atoms with van der Waals surface area (Å²) in [6, 6.07) is 11.2. The van der Waals surface area contributed by atoms with Crippen molar-refractivity contribution in [3.63, 3.8) is 0 Å². The van der Waals surface area contributed by atoms with E-state index < -0.39 is 0 Å². The highest BCUT2D eigenvalue weighted by molar-refractivity contribution is 5.14. The van der Waals surface area contributed by atoms with Crippen molar-refractivity contribution >= 4 is 0 Å². The third kappa shape index (κ3) is 4.80. The maximum absolute atomic E-state index is 9.80. The van der Waals surface area contributed by atoms with Crippen molar-refractivity contribution in [3.8, 4) is 0 Å². The molecule has 0 saturated carbocycles. The van der Waals surface area contributed by atoms with Gasteiger partial charge in [-0.1, -0.05) is 37.3 Å². The van der Waals surface area contributed by atoms with E-state index >= 15 is 0 Å². The fraction of sp³-hybridized carbons (Fsp3) is 0.667. The first kappa shape index (κ1) is 16.5. The van der Waals surface area contributed by atoms with Gasteiger partial charge in [0.1, 0.15) is 0 Å². The molecule has 0 radical (unpaired) electrons. The number of nitrogens with one attached hydrogen (secondary N) is 1. The summed E-state index contributed by atoms with van der Waals surface area (Å²) >= 11 is 0. The summed E-state index contributed by atoms with van der Waals surface area (Å²) < 4.78 is 0. The van der Waals surface area contributed by atoms with Crippen LogP contribution < -0.4 is 5.32 Å². The zero-order valence-electron chi connectivity index (χ0n) is 13.5. The number of nitrogens with zero attached hydrogens (tertiary/aromatic N) is 1. The van der Waals surface area contributed by atoms with Gasteiger partial charge < -0.3 is 15.3 Å². The van der Waals surface area contributed by atoms with Crippen molar-refractivity contribution in [2.75, 3.05) is 26.2 Å². The molecule has 1 heterocycles. The van der Waals surface area contributed by atoms with Crippen LogP contribution in [0.1, 0.15) is 38.7 Å². The zero-order valence-corrected chi connectivity index (χ0v) is 13.5. The van der Waals surface area contributed by atoms with Gasteiger partial charge in [0, 0.05) is 18.1 Å². The van der Waals surface area contributed by atoms with E-state index in [2.05, 4.69) is 54.4 Å². The fourth-order valence-electron chi connectivity index (χ4n) is 3.11. The van der Waals surface area contributed by atoms with E-state index in [9.17, 15) is 5.11 Å². The van der Waals surface area contributed by atoms with Gasteiger partial charge in [-0.15, -0.1) is 0 Å². The summed E-state index contributed by atoms with van der Waals surface area (Å²) in [5.41, 5.74) is 1.35. The standard InChI is InChI=1S/C18H30N2O/c1-3-16(2)19-18(15-21)10-13-20(14-11-18)12-9-17-7-5-4-6-8-17/h4-8,16,19,21H,3,9-15H2,1-2H3. The van der Waals surface area contributed by atoms with E-state index in [-0.39, 0.29) is 12.1 Å². The summed E-state index contributed by atoms with van der Waals surface area (Å²) in [4.78, 5) is 2.53. The van der Waals surface area contributed by atoms with Gasteiger partial charge in [0.25, 0.3) is 0 Å². The van der Waals surface area contributed by atoms with Crippen LogP contribution in [0.4, 0.5) is 0 Å². The molecule has 1 unspecified atom stereocenters. The normalized spacial score (nSPS) is 20.3. The van der Waals surface area contributed by atoms with Crippen molar-refractivity contribution in [2.45, 2.75) is 51.1 Å². The SMILES string of the molecule is CCC(C)NC1(CO)CCN(CCc2ccccc2)CC1. The molecule has 2 N–H and O–H groups in total. The molecule has 0 aromatic heterocycles. The maximum Gasteiger partial charge on any atom is 0.0614 e. The van der Waals surface area contributed by atoms with Crippen LogP contribution in [-0.2, 0) is 6.42 Å². The topological polar surface area (TPSA) is 35.5 Å². The molecule has 0 aliphatic carbocycles. The molecule has 1 aliphatic rings. The number of rotatable bonds is 7. The average Bonchev–Trinajstić information content (AvgIpc) is 2.55. The van der Waals surface area contributed by atoms with Gasteiger partial charge in [0.15, 0.2) is 0 Å². The largest absolute Gasteiger partial charge is 0.394 e. The number of piperidine rings is 1. The van der Waals surface area contributed by atoms with Gasteiger partial charge in [-0.25, -0.2) is 0 Å². The summed E-state index contributed by atoms with van der Waals surface area (Å²) in [7, 11) is 0. The van der Waals surface area contributed by atoms with E-state index in [1.165, 1.54) is 5.56 Å². The van der Waals surface area contributed by atoms with Crippen LogP contribution in [0, 0.1) is 0 Å². The van der Waals surface area contributed by atoms with Crippen LogP contribution in [-0.4, -0.2) is 47.8 Å². The first-order chi connectivity index (χ1) is 10.2. The maximum atomic E-state index is 9.80. The third-order valence-corrected chi connectivity index (χ3v) is 4.84. The van der Waals surface area contributed by atoms with Crippen LogP contribution in [0.15, 0.2) is 30.3 Å². The highest BCUT2D eigenvalue weighted by Gasteiger charge is 2.34. The van der Waals surface area contributed by atoms with Crippen molar-refractivity contribution in [1.82, 2.24) is 10.2 Å². The average molecular weight is 290 g/mol. The second-order valence-corrected chi connectivity index (χ2v) is 6.47. The Balaban J connectivity index is 1.79. The molecular weight excluding hydrogens is 260 g/mol. The molecule has 3 nitrogen and oxygen atoms in total. The monoisotopic (exact) mass is 290 g/mol. The van der Waals surface area contributed by atoms with E-state index in [0.29, 0.717) is 6.04 Å². The molecule has 0 amide bonds. The molecule has 1 saturated heterocycles. The lowest BCUT2D eigenvalue weighted by molar-refractivity contribution is 0.0711. The molecule has 0 bridgehead atoms. The molecule has 1 fully saturated rings. The number of aliphatic hydroxyl groups excluding tert-OH is 1. The lowest BCUT2D eigenvalue weighted by atomic mass is 9.87. The Kier molecular flexibility index (Phi) is 6.22. The van der Waals surface area contributed by atoms with Crippen LogP contribution in [0.2, 0.25) is 0 Å². The van der Waals surface area contributed by atoms with Gasteiger partial charge >= 0.3 is 0 Å². The number of benzene rings is 1. The Morgan fingerprint density at radius 1 is 1.24 bits per heavy atom. The molecule has 1 aromatic carbocycles. The Labute approximate surface area is 129 Å². The highest BCUT2D eigenvalue weighted by atomic mass is 16.3. The lowest BCUT2D eigenvalue weighted by Gasteiger charge is -2.43. The Hall–Kier alpha value is -0.900. The van der Waals surface area contributed by atoms with Crippen molar-refractivity contribution in [3.05, 3.63) is 35.9 Å². The Morgan fingerprint density at radius 2 is 1.90 bits per heavy atom. The Bertz CT molecular complexity index is 399. The highest BCUT2D eigenvalue weighted by Crippen LogP contribution is 2.23. The zero-order chi connectivity index (χ0) is 15.1. The van der Waals surface area contributed by atoms with Gasteiger partial charge in [-0.05, 0) is 51.3 Å². The van der Waals surface area contributed by atoms with E-state index in [1.807, 2.05) is 0 Å². The number of hydrogen-bond acceptors (Lipinski definition) is 3. The van der Waals surface area contributed by atoms with Crippen LogP contribution in [0.5, 0.6) is 0 Å². The van der Waals surface area contributed by atoms with Crippen molar-refractivity contribution in [2.24, 2.45) is 0 Å². The van der Waals surface area contributed by atoms with E-state index in [0.717, 1.165) is 45.3 Å². The number of hydrogen-bond donors (Lipinski definition) is 2. The third-order valence-electron chi connectivity index (χ3n) is 4.84. The molecule has 3 heteroatoms. The molecule has 1 atom stereocenters. The minimum Gasteiger partial charge on any atom is -0.394 e. The van der Waals surface area contributed by atoms with Crippen molar-refractivity contribution in [1.29, 1.82) is 0 Å². The summed E-state index contributed by atoms with van der Waals surface area (Å²) in [5, 5.41) is 13.4. The predicted molar refractivity (Wildman–Crippen MR) is 88.5 cm³/mol. The smallest absolute Gasteiger partial charge is 0.0614 e. The van der Waals surface area contributed by atoms with E-state index in [4.69, 9.17) is 0 Å². The van der Waals surface area contributed by atoms with Crippen LogP contribution >= 0.6 is 0 Å². The second kappa shape index (κ2) is 7.92. The molecule has 2 rings (SSSR count). The number of likely N-dealkylation sites (tertiary alicyclic amines) is 1. The molecule has 21 heavy (non-hydrogen) atoms. The first-order valence-electron chi connectivity index (χ1n) is 8.32. The van der Waals surface area contributed by atoms with Gasteiger partial charge in [-0.3, -0.25) is 0 Å². The van der Waals surface area contributed by atoms with E-state index in [1.54, 1.807) is 0 Å². The minimum absolute atomic E-state index is 0.0569. The van der Waals surface area contributed by atoms with Gasteiger partial charge in [0.2, 0.25) is 0 Å². The van der Waals surface area contributed by atoms with Gasteiger partial charge in [0.05, 0.1) is 6.61 Å². The fourth-order valence-corrected chi connectivity index (χ4v) is 3.11. The van der Waals surface area contributed by atoms with Gasteiger partial charge in [-0.2, -0.15) is 0 Å². The quantitative estimate of drug-likeness (QED) is 0.809. The molecule has 0 spiro atoms. The van der Waals surface area contributed by atoms with Crippen LogP contribution in [0.25, 0.3) is 0 Å². The van der Waals surface area contributed by atoms with Crippen LogP contribution in [0.3, 0.4) is 0 Å². The predicted octanol–water partition coefficient (Wildman–Crippen LogP) is 2.44. The first-order valence-corrected chi connectivity index (χ1v) is 8.32. The number of aliphatic hydroxyl groups is 1. The lowest BCUT2D eigenvalue weighted by Crippen LogP contribution is -2.58. The minimum atomic E-state index is -0.0569. The molecule has 1 aliphatic heterocycles. The summed E-state index contributed by atoms with van der Waals surface area (Å²) in [5.74, 6) is 0. The van der Waals surface area contributed by atoms with Crippen molar-refractivity contribution < 1.29 is 5.11 Å². The Morgan fingerprint density at radius 3 is 2.48 bits per heavy atom. The molecule has 118 valence electrons. The molecule has 1 aromatic rings. The summed E-state index contributed by atoms with van der Waals surface area (Å²) in [6.07, 6.45) is 4.32. The summed E-state index contributed by atoms with van der Waals surface area (Å²) in [6.45, 7) is 7.93. The second-order valence-electron chi connectivity index (χ2n) is 6.47. The molecular formula is C18H30N2O.